The first kappa shape index (κ1) is 12.0. The van der Waals surface area contributed by atoms with Gasteiger partial charge in [-0.05, 0) is 47.5 Å². The Labute approximate surface area is 97.2 Å². The van der Waals surface area contributed by atoms with E-state index in [9.17, 15) is 4.79 Å². The van der Waals surface area contributed by atoms with Gasteiger partial charge in [0.05, 0.1) is 10.9 Å². The summed E-state index contributed by atoms with van der Waals surface area (Å²) in [6, 6.07) is 5.69. The van der Waals surface area contributed by atoms with Crippen LogP contribution in [0.15, 0.2) is 22.7 Å². The molecule has 82 valence electrons. The Morgan fingerprint density at radius 2 is 2.27 bits per heavy atom. The molecule has 0 aliphatic rings. The van der Waals surface area contributed by atoms with Crippen molar-refractivity contribution < 1.29 is 14.6 Å². The molecule has 0 saturated heterocycles. The molecule has 1 rings (SSSR count). The van der Waals surface area contributed by atoms with E-state index in [2.05, 4.69) is 15.9 Å². The summed E-state index contributed by atoms with van der Waals surface area (Å²) < 4.78 is 6.33. The average Bonchev–Trinajstić information content (AvgIpc) is 2.08. The molecule has 1 N–H and O–H groups in total. The van der Waals surface area contributed by atoms with Crippen LogP contribution in [0.4, 0.5) is 0 Å². The van der Waals surface area contributed by atoms with Crippen LogP contribution in [0.25, 0.3) is 0 Å². The number of carboxylic acids is 1. The topological polar surface area (TPSA) is 46.5 Å². The van der Waals surface area contributed by atoms with Crippen LogP contribution in [-0.2, 0) is 4.79 Å². The van der Waals surface area contributed by atoms with Crippen molar-refractivity contribution >= 4 is 21.9 Å². The summed E-state index contributed by atoms with van der Waals surface area (Å²) in [6.45, 7) is 3.72. The van der Waals surface area contributed by atoms with E-state index in [4.69, 9.17) is 9.84 Å². The van der Waals surface area contributed by atoms with Crippen molar-refractivity contribution in [1.29, 1.82) is 0 Å². The minimum Gasteiger partial charge on any atom is -0.489 e. The molecule has 1 atom stereocenters. The molecule has 0 amide bonds. The molecule has 0 heterocycles. The third-order valence-electron chi connectivity index (χ3n) is 1.88. The largest absolute Gasteiger partial charge is 0.489 e. The number of carbonyl (C=O) groups is 1. The maximum absolute atomic E-state index is 10.4. The van der Waals surface area contributed by atoms with Gasteiger partial charge in [0.2, 0.25) is 0 Å². The molecular formula is C11H13BrO3. The van der Waals surface area contributed by atoms with Crippen LogP contribution in [0.5, 0.6) is 5.75 Å². The average molecular weight is 273 g/mol. The molecule has 15 heavy (non-hydrogen) atoms. The Kier molecular flexibility index (Phi) is 4.15. The first-order valence-electron chi connectivity index (χ1n) is 4.63. The Morgan fingerprint density at radius 1 is 1.60 bits per heavy atom. The molecule has 0 radical (unpaired) electrons. The quantitative estimate of drug-likeness (QED) is 0.917. The van der Waals surface area contributed by atoms with Gasteiger partial charge in [0, 0.05) is 0 Å². The fourth-order valence-electron chi connectivity index (χ4n) is 1.21. The Bertz CT molecular complexity index is 363. The van der Waals surface area contributed by atoms with Crippen molar-refractivity contribution in [3.05, 3.63) is 28.2 Å². The number of benzene rings is 1. The predicted molar refractivity (Wildman–Crippen MR) is 61.2 cm³/mol. The number of rotatable bonds is 4. The molecule has 1 unspecified atom stereocenters. The fourth-order valence-corrected chi connectivity index (χ4v) is 1.79. The highest BCUT2D eigenvalue weighted by molar-refractivity contribution is 9.10. The lowest BCUT2D eigenvalue weighted by atomic mass is 10.2. The predicted octanol–water partition coefficient (Wildman–Crippen LogP) is 3.00. The van der Waals surface area contributed by atoms with E-state index in [1.165, 1.54) is 0 Å². The molecule has 4 heteroatoms. The van der Waals surface area contributed by atoms with Gasteiger partial charge in [-0.2, -0.15) is 0 Å². The lowest BCUT2D eigenvalue weighted by Gasteiger charge is -2.14. The maximum atomic E-state index is 10.4. The molecule has 0 aliphatic carbocycles. The Hall–Kier alpha value is -1.03. The van der Waals surface area contributed by atoms with E-state index >= 15 is 0 Å². The van der Waals surface area contributed by atoms with Crippen molar-refractivity contribution in [2.24, 2.45) is 0 Å². The molecule has 0 saturated carbocycles. The number of hydrogen-bond donors (Lipinski definition) is 1. The van der Waals surface area contributed by atoms with Crippen molar-refractivity contribution in [1.82, 2.24) is 0 Å². The van der Waals surface area contributed by atoms with Gasteiger partial charge in [-0.15, -0.1) is 0 Å². The van der Waals surface area contributed by atoms with E-state index in [-0.39, 0.29) is 12.5 Å². The molecule has 3 nitrogen and oxygen atoms in total. The van der Waals surface area contributed by atoms with Crippen LogP contribution in [0.2, 0.25) is 0 Å². The van der Waals surface area contributed by atoms with Crippen molar-refractivity contribution in [3.63, 3.8) is 0 Å². The molecule has 0 aliphatic heterocycles. The maximum Gasteiger partial charge on any atom is 0.307 e. The zero-order valence-electron chi connectivity index (χ0n) is 8.66. The molecule has 0 fully saturated rings. The van der Waals surface area contributed by atoms with E-state index < -0.39 is 5.97 Å². The summed E-state index contributed by atoms with van der Waals surface area (Å²) >= 11 is 3.37. The zero-order chi connectivity index (χ0) is 11.4. The Morgan fingerprint density at radius 3 is 2.80 bits per heavy atom. The fraction of sp³-hybridized carbons (Fsp3) is 0.364. The highest BCUT2D eigenvalue weighted by atomic mass is 79.9. The first-order chi connectivity index (χ1) is 6.99. The summed E-state index contributed by atoms with van der Waals surface area (Å²) in [5.74, 6) is -0.180. The second-order valence-corrected chi connectivity index (χ2v) is 4.31. The molecular weight excluding hydrogens is 260 g/mol. The van der Waals surface area contributed by atoms with E-state index in [0.29, 0.717) is 5.75 Å². The van der Waals surface area contributed by atoms with Gasteiger partial charge in [0.1, 0.15) is 11.9 Å². The lowest BCUT2D eigenvalue weighted by Crippen LogP contribution is -2.16. The van der Waals surface area contributed by atoms with E-state index in [1.54, 1.807) is 6.92 Å². The van der Waals surface area contributed by atoms with Crippen LogP contribution < -0.4 is 4.74 Å². The van der Waals surface area contributed by atoms with Gasteiger partial charge >= 0.3 is 5.97 Å². The number of hydrogen-bond acceptors (Lipinski definition) is 2. The molecule has 1 aromatic rings. The monoisotopic (exact) mass is 272 g/mol. The van der Waals surface area contributed by atoms with Crippen LogP contribution >= 0.6 is 15.9 Å². The summed E-state index contributed by atoms with van der Waals surface area (Å²) in [5, 5.41) is 8.58. The minimum absolute atomic E-state index is 0.000314. The molecule has 0 aromatic heterocycles. The number of aliphatic carboxylic acids is 1. The molecule has 0 bridgehead atoms. The van der Waals surface area contributed by atoms with Crippen LogP contribution in [-0.4, -0.2) is 17.2 Å². The van der Waals surface area contributed by atoms with Crippen LogP contribution in [0.3, 0.4) is 0 Å². The summed E-state index contributed by atoms with van der Waals surface area (Å²) in [4.78, 5) is 10.4. The van der Waals surface area contributed by atoms with Gasteiger partial charge in [-0.1, -0.05) is 6.07 Å². The van der Waals surface area contributed by atoms with Gasteiger partial charge < -0.3 is 9.84 Å². The minimum atomic E-state index is -0.856. The van der Waals surface area contributed by atoms with Gasteiger partial charge in [0.25, 0.3) is 0 Å². The number of halogens is 1. The highest BCUT2D eigenvalue weighted by Crippen LogP contribution is 2.26. The van der Waals surface area contributed by atoms with Crippen molar-refractivity contribution in [2.75, 3.05) is 0 Å². The molecule has 0 spiro atoms. The van der Waals surface area contributed by atoms with Crippen molar-refractivity contribution in [2.45, 2.75) is 26.4 Å². The number of aryl methyl sites for hydroxylation is 1. The summed E-state index contributed by atoms with van der Waals surface area (Å²) in [7, 11) is 0. The van der Waals surface area contributed by atoms with E-state index in [1.807, 2.05) is 25.1 Å². The second-order valence-electron chi connectivity index (χ2n) is 3.46. The third kappa shape index (κ3) is 3.91. The van der Waals surface area contributed by atoms with Crippen LogP contribution in [0.1, 0.15) is 18.9 Å². The zero-order valence-corrected chi connectivity index (χ0v) is 10.2. The second kappa shape index (κ2) is 5.16. The van der Waals surface area contributed by atoms with E-state index in [0.717, 1.165) is 10.0 Å². The standard InChI is InChI=1S/C11H13BrO3/c1-7-3-4-10(9(12)5-7)15-8(2)6-11(13)14/h3-5,8H,6H2,1-2H3,(H,13,14). The van der Waals surface area contributed by atoms with Crippen LogP contribution in [0, 0.1) is 6.92 Å². The Balaban J connectivity index is 2.68. The normalized spacial score (nSPS) is 12.2. The number of ether oxygens (including phenoxy) is 1. The third-order valence-corrected chi connectivity index (χ3v) is 2.50. The lowest BCUT2D eigenvalue weighted by molar-refractivity contribution is -0.138. The smallest absolute Gasteiger partial charge is 0.307 e. The SMILES string of the molecule is Cc1ccc(OC(C)CC(=O)O)c(Br)c1. The van der Waals surface area contributed by atoms with Gasteiger partial charge in [-0.3, -0.25) is 4.79 Å². The first-order valence-corrected chi connectivity index (χ1v) is 5.43. The van der Waals surface area contributed by atoms with Gasteiger partial charge in [0.15, 0.2) is 0 Å². The summed E-state index contributed by atoms with van der Waals surface area (Å²) in [6.07, 6.45) is -0.332. The summed E-state index contributed by atoms with van der Waals surface area (Å²) in [5.41, 5.74) is 1.13. The highest BCUT2D eigenvalue weighted by Gasteiger charge is 2.10. The van der Waals surface area contributed by atoms with Gasteiger partial charge in [-0.25, -0.2) is 0 Å². The molecule has 1 aromatic carbocycles. The van der Waals surface area contributed by atoms with Crippen molar-refractivity contribution in [3.8, 4) is 5.75 Å². The number of carboxylic acid groups (broad SMARTS) is 1.